The van der Waals surface area contributed by atoms with E-state index in [1.54, 1.807) is 0 Å². The highest BCUT2D eigenvalue weighted by atomic mass is 19.1. The van der Waals surface area contributed by atoms with Crippen molar-refractivity contribution in [2.75, 3.05) is 6.54 Å². The third-order valence-corrected chi connectivity index (χ3v) is 2.51. The zero-order valence-electron chi connectivity index (χ0n) is 10.3. The third-order valence-electron chi connectivity index (χ3n) is 2.51. The Kier molecular flexibility index (Phi) is 4.08. The predicted molar refractivity (Wildman–Crippen MR) is 64.0 cm³/mol. The van der Waals surface area contributed by atoms with Crippen LogP contribution in [0, 0.1) is 22.6 Å². The molecule has 1 unspecified atom stereocenters. The molecule has 0 heterocycles. The summed E-state index contributed by atoms with van der Waals surface area (Å²) in [5.74, 6) is -0.402. The highest BCUT2D eigenvalue weighted by molar-refractivity contribution is 5.36. The number of nitrogens with zero attached hydrogens (tertiary/aromatic N) is 1. The van der Waals surface area contributed by atoms with Crippen LogP contribution in [0.2, 0.25) is 0 Å². The first kappa shape index (κ1) is 13.5. The summed E-state index contributed by atoms with van der Waals surface area (Å²) in [6, 6.07) is 6.01. The summed E-state index contributed by atoms with van der Waals surface area (Å²) in [5, 5.41) is 8.63. The molecule has 0 fully saturated rings. The second-order valence-electron chi connectivity index (χ2n) is 4.97. The summed E-state index contributed by atoms with van der Waals surface area (Å²) in [7, 11) is 0. The maximum atomic E-state index is 13.6. The third kappa shape index (κ3) is 3.43. The van der Waals surface area contributed by atoms with E-state index < -0.39 is 5.82 Å². The van der Waals surface area contributed by atoms with Crippen molar-refractivity contribution in [2.24, 2.45) is 11.1 Å². The minimum Gasteiger partial charge on any atom is -0.485 e. The van der Waals surface area contributed by atoms with Crippen LogP contribution in [-0.4, -0.2) is 12.6 Å². The highest BCUT2D eigenvalue weighted by Crippen LogP contribution is 2.26. The molecule has 1 aromatic rings. The summed E-state index contributed by atoms with van der Waals surface area (Å²) >= 11 is 0. The molecule has 0 saturated carbocycles. The van der Waals surface area contributed by atoms with Crippen molar-refractivity contribution < 1.29 is 9.13 Å². The number of hydrogen-bond donors (Lipinski definition) is 1. The second kappa shape index (κ2) is 5.15. The lowest BCUT2D eigenvalue weighted by atomic mass is 9.89. The largest absolute Gasteiger partial charge is 0.485 e. The lowest BCUT2D eigenvalue weighted by Crippen LogP contribution is -2.38. The van der Waals surface area contributed by atoms with Crippen molar-refractivity contribution in [3.05, 3.63) is 29.6 Å². The monoisotopic (exact) mass is 236 g/mol. The highest BCUT2D eigenvalue weighted by Gasteiger charge is 2.26. The van der Waals surface area contributed by atoms with Crippen LogP contribution in [0.5, 0.6) is 5.75 Å². The Hall–Kier alpha value is -1.60. The molecule has 1 aromatic carbocycles. The lowest BCUT2D eigenvalue weighted by Gasteiger charge is -2.30. The summed E-state index contributed by atoms with van der Waals surface area (Å²) in [6.07, 6.45) is -0.273. The molecule has 0 amide bonds. The second-order valence-corrected chi connectivity index (χ2v) is 4.97. The molecule has 17 heavy (non-hydrogen) atoms. The average molecular weight is 236 g/mol. The molecule has 1 atom stereocenters. The number of benzene rings is 1. The Balaban J connectivity index is 2.92. The van der Waals surface area contributed by atoms with Gasteiger partial charge in [-0.1, -0.05) is 20.8 Å². The van der Waals surface area contributed by atoms with Crippen molar-refractivity contribution in [2.45, 2.75) is 26.9 Å². The Morgan fingerprint density at radius 2 is 2.12 bits per heavy atom. The zero-order chi connectivity index (χ0) is 13.1. The molecule has 4 heteroatoms. The van der Waals surface area contributed by atoms with Crippen LogP contribution in [0.25, 0.3) is 0 Å². The van der Waals surface area contributed by atoms with Crippen LogP contribution in [0.1, 0.15) is 26.3 Å². The van der Waals surface area contributed by atoms with E-state index >= 15 is 0 Å². The Labute approximate surface area is 101 Å². The molecule has 3 nitrogen and oxygen atoms in total. The smallest absolute Gasteiger partial charge is 0.166 e. The van der Waals surface area contributed by atoms with Crippen LogP contribution in [0.4, 0.5) is 4.39 Å². The standard InChI is InChI=1S/C13H17FN2O/c1-13(2,3)12(8-16)17-11-5-4-9(7-15)6-10(11)14/h4-6,12H,8,16H2,1-3H3. The van der Waals surface area contributed by atoms with E-state index in [9.17, 15) is 4.39 Å². The van der Waals surface area contributed by atoms with E-state index in [0.29, 0.717) is 6.54 Å². The fourth-order valence-corrected chi connectivity index (χ4v) is 1.40. The van der Waals surface area contributed by atoms with Gasteiger partial charge in [0.2, 0.25) is 0 Å². The van der Waals surface area contributed by atoms with E-state index in [1.165, 1.54) is 12.1 Å². The number of halogens is 1. The maximum Gasteiger partial charge on any atom is 0.166 e. The topological polar surface area (TPSA) is 59.0 Å². The molecule has 0 aliphatic carbocycles. The lowest BCUT2D eigenvalue weighted by molar-refractivity contribution is 0.0899. The molecule has 0 aliphatic heterocycles. The van der Waals surface area contributed by atoms with Crippen LogP contribution < -0.4 is 10.5 Å². The summed E-state index contributed by atoms with van der Waals surface area (Å²) in [4.78, 5) is 0. The first-order valence-corrected chi connectivity index (χ1v) is 5.45. The van der Waals surface area contributed by atoms with Crippen molar-refractivity contribution in [1.82, 2.24) is 0 Å². The number of rotatable bonds is 3. The van der Waals surface area contributed by atoms with Crippen molar-refractivity contribution >= 4 is 0 Å². The molecule has 0 aromatic heterocycles. The predicted octanol–water partition coefficient (Wildman–Crippen LogP) is 2.45. The molecular weight excluding hydrogens is 219 g/mol. The van der Waals surface area contributed by atoms with Gasteiger partial charge in [0.05, 0.1) is 11.6 Å². The molecule has 92 valence electrons. The van der Waals surface area contributed by atoms with Crippen molar-refractivity contribution in [3.8, 4) is 11.8 Å². The molecule has 2 N–H and O–H groups in total. The van der Waals surface area contributed by atoms with E-state index in [2.05, 4.69) is 0 Å². The Morgan fingerprint density at radius 3 is 2.53 bits per heavy atom. The van der Waals surface area contributed by atoms with Crippen LogP contribution in [0.3, 0.4) is 0 Å². The van der Waals surface area contributed by atoms with Gasteiger partial charge in [0, 0.05) is 12.0 Å². The number of hydrogen-bond acceptors (Lipinski definition) is 3. The van der Waals surface area contributed by atoms with Gasteiger partial charge in [-0.05, 0) is 18.2 Å². The molecule has 0 spiro atoms. The molecule has 0 radical (unpaired) electrons. The molecule has 0 saturated heterocycles. The number of ether oxygens (including phenoxy) is 1. The first-order valence-electron chi connectivity index (χ1n) is 5.45. The van der Waals surface area contributed by atoms with Gasteiger partial charge in [0.25, 0.3) is 0 Å². The Morgan fingerprint density at radius 1 is 1.47 bits per heavy atom. The summed E-state index contributed by atoms with van der Waals surface area (Å²) < 4.78 is 19.2. The van der Waals surface area contributed by atoms with Crippen LogP contribution in [0.15, 0.2) is 18.2 Å². The minimum atomic E-state index is -0.535. The number of nitrogens with two attached hydrogens (primary N) is 1. The van der Waals surface area contributed by atoms with E-state index in [-0.39, 0.29) is 22.8 Å². The average Bonchev–Trinajstić information content (AvgIpc) is 2.25. The Bertz CT molecular complexity index is 432. The van der Waals surface area contributed by atoms with Gasteiger partial charge < -0.3 is 10.5 Å². The van der Waals surface area contributed by atoms with E-state index in [0.717, 1.165) is 6.07 Å². The van der Waals surface area contributed by atoms with Crippen LogP contribution >= 0.6 is 0 Å². The van der Waals surface area contributed by atoms with Gasteiger partial charge in [-0.3, -0.25) is 0 Å². The molecular formula is C13H17FN2O. The van der Waals surface area contributed by atoms with E-state index in [1.807, 2.05) is 26.8 Å². The van der Waals surface area contributed by atoms with Crippen LogP contribution in [-0.2, 0) is 0 Å². The molecule has 1 rings (SSSR count). The quantitative estimate of drug-likeness (QED) is 0.876. The fraction of sp³-hybridized carbons (Fsp3) is 0.462. The molecule has 0 bridgehead atoms. The van der Waals surface area contributed by atoms with Gasteiger partial charge in [0.15, 0.2) is 11.6 Å². The first-order chi connectivity index (χ1) is 7.88. The minimum absolute atomic E-state index is 0.134. The normalized spacial score (nSPS) is 12.9. The van der Waals surface area contributed by atoms with Gasteiger partial charge >= 0.3 is 0 Å². The van der Waals surface area contributed by atoms with Crippen molar-refractivity contribution in [3.63, 3.8) is 0 Å². The van der Waals surface area contributed by atoms with Gasteiger partial charge in [-0.25, -0.2) is 4.39 Å². The zero-order valence-corrected chi connectivity index (χ0v) is 10.3. The fourth-order valence-electron chi connectivity index (χ4n) is 1.40. The SMILES string of the molecule is CC(C)(C)C(CN)Oc1ccc(C#N)cc1F. The van der Waals surface area contributed by atoms with Crippen molar-refractivity contribution in [1.29, 1.82) is 5.26 Å². The van der Waals surface area contributed by atoms with Gasteiger partial charge in [0.1, 0.15) is 6.10 Å². The summed E-state index contributed by atoms with van der Waals surface area (Å²) in [6.45, 7) is 6.24. The van der Waals surface area contributed by atoms with Gasteiger partial charge in [-0.15, -0.1) is 0 Å². The maximum absolute atomic E-state index is 13.6. The van der Waals surface area contributed by atoms with E-state index in [4.69, 9.17) is 15.7 Å². The molecule has 0 aliphatic rings. The number of nitriles is 1. The van der Waals surface area contributed by atoms with Gasteiger partial charge in [-0.2, -0.15) is 5.26 Å². The summed E-state index contributed by atoms with van der Waals surface area (Å²) in [5.41, 5.74) is 5.71.